The third-order valence-electron chi connectivity index (χ3n) is 3.20. The van der Waals surface area contributed by atoms with E-state index in [2.05, 4.69) is 17.3 Å². The molecule has 0 aliphatic heterocycles. The number of aromatic nitrogens is 1. The summed E-state index contributed by atoms with van der Waals surface area (Å²) < 4.78 is 27.3. The smallest absolute Gasteiger partial charge is 0.178 e. The van der Waals surface area contributed by atoms with Crippen LogP contribution in [-0.4, -0.2) is 17.6 Å². The quantitative estimate of drug-likeness (QED) is 0.591. The molecule has 0 fully saturated rings. The largest absolute Gasteiger partial charge is 0.351 e. The van der Waals surface area contributed by atoms with E-state index >= 15 is 0 Å². The summed E-state index contributed by atoms with van der Waals surface area (Å²) in [5.74, 6) is 3.75. The lowest BCUT2D eigenvalue weighted by Crippen LogP contribution is -2.35. The van der Waals surface area contributed by atoms with Crippen molar-refractivity contribution in [2.24, 2.45) is 5.84 Å². The monoisotopic (exact) mass is 272 g/mol. The molecule has 4 nitrogen and oxygen atoms in total. The summed E-state index contributed by atoms with van der Waals surface area (Å²) in [5, 5.41) is 0. The highest BCUT2D eigenvalue weighted by Gasteiger charge is 2.20. The van der Waals surface area contributed by atoms with Crippen molar-refractivity contribution >= 4 is 11.6 Å². The summed E-state index contributed by atoms with van der Waals surface area (Å²) in [6, 6.07) is 0.948. The summed E-state index contributed by atoms with van der Waals surface area (Å²) >= 11 is 0. The standard InChI is InChI=1S/C13H22F2N4/c1-4-6-7-19(9(3)5-2)13-11(15)8-10(14)12(17-13)18-16/h8-9H,4-7,16H2,1-3H3,(H,17,18). The maximum atomic E-state index is 13.9. The van der Waals surface area contributed by atoms with Crippen LogP contribution in [0.2, 0.25) is 0 Å². The predicted molar refractivity (Wildman–Crippen MR) is 74.0 cm³/mol. The number of hydrazine groups is 1. The van der Waals surface area contributed by atoms with Gasteiger partial charge in [-0.25, -0.2) is 19.6 Å². The second kappa shape index (κ2) is 7.23. The van der Waals surface area contributed by atoms with E-state index in [1.165, 1.54) is 0 Å². The van der Waals surface area contributed by atoms with Gasteiger partial charge in [0.05, 0.1) is 0 Å². The minimum absolute atomic E-state index is 0.129. The zero-order chi connectivity index (χ0) is 14.4. The number of hydrogen-bond donors (Lipinski definition) is 2. The molecule has 3 N–H and O–H groups in total. The lowest BCUT2D eigenvalue weighted by molar-refractivity contribution is 0.540. The van der Waals surface area contributed by atoms with E-state index in [9.17, 15) is 8.78 Å². The van der Waals surface area contributed by atoms with E-state index in [0.717, 1.165) is 25.3 Å². The summed E-state index contributed by atoms with van der Waals surface area (Å²) in [6.45, 7) is 6.77. The third-order valence-corrected chi connectivity index (χ3v) is 3.20. The Labute approximate surface area is 113 Å². The average molecular weight is 272 g/mol. The molecule has 0 radical (unpaired) electrons. The highest BCUT2D eigenvalue weighted by atomic mass is 19.1. The molecule has 0 bridgehead atoms. The fourth-order valence-corrected chi connectivity index (χ4v) is 1.84. The molecule has 0 spiro atoms. The predicted octanol–water partition coefficient (Wildman–Crippen LogP) is 3.05. The van der Waals surface area contributed by atoms with Crippen molar-refractivity contribution in [2.45, 2.75) is 46.1 Å². The van der Waals surface area contributed by atoms with Gasteiger partial charge in [-0.3, -0.25) is 0 Å². The Morgan fingerprint density at radius 3 is 2.58 bits per heavy atom. The molecule has 0 aliphatic rings. The minimum atomic E-state index is -0.789. The molecule has 0 amide bonds. The number of anilines is 2. The normalized spacial score (nSPS) is 12.3. The van der Waals surface area contributed by atoms with Gasteiger partial charge in [0.2, 0.25) is 0 Å². The highest BCUT2D eigenvalue weighted by Crippen LogP contribution is 2.24. The van der Waals surface area contributed by atoms with Crippen molar-refractivity contribution in [1.82, 2.24) is 4.98 Å². The number of nitrogens with one attached hydrogen (secondary N) is 1. The average Bonchev–Trinajstić information content (AvgIpc) is 2.40. The molecule has 0 aliphatic carbocycles. The summed E-state index contributed by atoms with van der Waals surface area (Å²) in [5.41, 5.74) is 2.15. The summed E-state index contributed by atoms with van der Waals surface area (Å²) in [6.07, 6.45) is 2.78. The fraction of sp³-hybridized carbons (Fsp3) is 0.615. The van der Waals surface area contributed by atoms with Crippen LogP contribution in [0.4, 0.5) is 20.4 Å². The van der Waals surface area contributed by atoms with E-state index in [0.29, 0.717) is 6.54 Å². The van der Waals surface area contributed by atoms with Crippen LogP contribution in [0.3, 0.4) is 0 Å². The molecule has 1 rings (SSSR count). The van der Waals surface area contributed by atoms with Gasteiger partial charge in [0.1, 0.15) is 0 Å². The lowest BCUT2D eigenvalue weighted by Gasteiger charge is -2.30. The number of halogens is 2. The van der Waals surface area contributed by atoms with E-state index < -0.39 is 11.6 Å². The molecule has 0 saturated carbocycles. The number of rotatable bonds is 7. The van der Waals surface area contributed by atoms with E-state index in [1.807, 2.05) is 18.7 Å². The molecule has 0 saturated heterocycles. The molecule has 108 valence electrons. The van der Waals surface area contributed by atoms with Gasteiger partial charge in [-0.15, -0.1) is 0 Å². The molecular formula is C13H22F2N4. The highest BCUT2D eigenvalue weighted by molar-refractivity contribution is 5.49. The summed E-state index contributed by atoms with van der Waals surface area (Å²) in [7, 11) is 0. The third kappa shape index (κ3) is 3.76. The van der Waals surface area contributed by atoms with Crippen molar-refractivity contribution < 1.29 is 8.78 Å². The Morgan fingerprint density at radius 2 is 2.05 bits per heavy atom. The fourth-order valence-electron chi connectivity index (χ4n) is 1.84. The van der Waals surface area contributed by atoms with Crippen molar-refractivity contribution in [3.05, 3.63) is 17.7 Å². The SMILES string of the molecule is CCCCN(c1nc(NN)c(F)cc1F)C(C)CC. The zero-order valence-corrected chi connectivity index (χ0v) is 11.7. The Balaban J connectivity index is 3.13. The molecular weight excluding hydrogens is 250 g/mol. The number of unbranched alkanes of at least 4 members (excludes halogenated alkanes) is 1. The zero-order valence-electron chi connectivity index (χ0n) is 11.7. The van der Waals surface area contributed by atoms with Gasteiger partial charge in [0.15, 0.2) is 23.3 Å². The first-order valence-electron chi connectivity index (χ1n) is 6.64. The molecule has 6 heteroatoms. The van der Waals surface area contributed by atoms with Gasteiger partial charge in [0.25, 0.3) is 0 Å². The number of pyridine rings is 1. The first-order chi connectivity index (χ1) is 9.04. The van der Waals surface area contributed by atoms with Crippen LogP contribution in [0.25, 0.3) is 0 Å². The van der Waals surface area contributed by atoms with Crippen LogP contribution >= 0.6 is 0 Å². The molecule has 1 aromatic rings. The Morgan fingerprint density at radius 1 is 1.37 bits per heavy atom. The summed E-state index contributed by atoms with van der Waals surface area (Å²) in [4.78, 5) is 5.81. The number of nitrogen functional groups attached to an aromatic ring is 1. The lowest BCUT2D eigenvalue weighted by atomic mass is 10.2. The maximum absolute atomic E-state index is 13.9. The Hall–Kier alpha value is -1.43. The second-order valence-corrected chi connectivity index (χ2v) is 4.57. The van der Waals surface area contributed by atoms with Gasteiger partial charge in [-0.1, -0.05) is 20.3 Å². The molecule has 1 heterocycles. The van der Waals surface area contributed by atoms with Gasteiger partial charge in [-0.05, 0) is 19.8 Å². The van der Waals surface area contributed by atoms with Gasteiger partial charge in [-0.2, -0.15) is 0 Å². The van der Waals surface area contributed by atoms with Crippen molar-refractivity contribution in [1.29, 1.82) is 0 Å². The Bertz CT molecular complexity index is 412. The molecule has 19 heavy (non-hydrogen) atoms. The molecule has 1 aromatic heterocycles. The number of hydrogen-bond acceptors (Lipinski definition) is 4. The molecule has 1 unspecified atom stereocenters. The van der Waals surface area contributed by atoms with Gasteiger partial charge >= 0.3 is 0 Å². The molecule has 0 aromatic carbocycles. The number of nitrogens with two attached hydrogens (primary N) is 1. The number of nitrogens with zero attached hydrogens (tertiary/aromatic N) is 2. The maximum Gasteiger partial charge on any atom is 0.178 e. The van der Waals surface area contributed by atoms with Crippen molar-refractivity contribution in [3.63, 3.8) is 0 Å². The van der Waals surface area contributed by atoms with Crippen LogP contribution in [0.1, 0.15) is 40.0 Å². The van der Waals surface area contributed by atoms with Crippen LogP contribution in [-0.2, 0) is 0 Å². The first-order valence-corrected chi connectivity index (χ1v) is 6.64. The second-order valence-electron chi connectivity index (χ2n) is 4.57. The van der Waals surface area contributed by atoms with Crippen LogP contribution in [0.15, 0.2) is 6.07 Å². The van der Waals surface area contributed by atoms with Gasteiger partial charge in [0, 0.05) is 18.7 Å². The first kappa shape index (κ1) is 15.6. The van der Waals surface area contributed by atoms with Crippen molar-refractivity contribution in [2.75, 3.05) is 16.9 Å². The van der Waals surface area contributed by atoms with Crippen molar-refractivity contribution in [3.8, 4) is 0 Å². The van der Waals surface area contributed by atoms with E-state index in [-0.39, 0.29) is 17.7 Å². The molecule has 1 atom stereocenters. The van der Waals surface area contributed by atoms with E-state index in [4.69, 9.17) is 5.84 Å². The van der Waals surface area contributed by atoms with Crippen LogP contribution in [0, 0.1) is 11.6 Å². The van der Waals surface area contributed by atoms with E-state index in [1.54, 1.807) is 0 Å². The van der Waals surface area contributed by atoms with Gasteiger partial charge < -0.3 is 10.3 Å². The topological polar surface area (TPSA) is 54.2 Å². The van der Waals surface area contributed by atoms with Crippen LogP contribution in [0.5, 0.6) is 0 Å². The Kier molecular flexibility index (Phi) is 5.95. The minimum Gasteiger partial charge on any atom is -0.351 e. The van der Waals surface area contributed by atoms with Crippen LogP contribution < -0.4 is 16.2 Å².